The molecule has 218 valence electrons. The van der Waals surface area contributed by atoms with Crippen LogP contribution < -0.4 is 5.32 Å². The largest absolute Gasteiger partial charge is 0.478 e. The molecule has 1 aliphatic rings. The summed E-state index contributed by atoms with van der Waals surface area (Å²) in [6, 6.07) is 14.1. The zero-order valence-electron chi connectivity index (χ0n) is 21.2. The molecule has 0 bridgehead atoms. The molecule has 4 rings (SSSR count). The number of amides is 1. The van der Waals surface area contributed by atoms with Gasteiger partial charge in [-0.15, -0.1) is 0 Å². The number of fused-ring (bicyclic) bond motifs is 1. The summed E-state index contributed by atoms with van der Waals surface area (Å²) in [7, 11) is 0. The van der Waals surface area contributed by atoms with Crippen molar-refractivity contribution in [3.63, 3.8) is 0 Å². The van der Waals surface area contributed by atoms with Crippen LogP contribution >= 0.6 is 0 Å². The zero-order valence-corrected chi connectivity index (χ0v) is 21.2. The van der Waals surface area contributed by atoms with E-state index in [0.29, 0.717) is 43.8 Å². The molecular weight excluding hydrogens is 558 g/mol. The molecule has 1 fully saturated rings. The monoisotopic (exact) mass is 582 g/mol. The Labute approximate surface area is 229 Å². The maximum absolute atomic E-state index is 13.2. The topological polar surface area (TPSA) is 107 Å². The lowest BCUT2D eigenvalue weighted by Gasteiger charge is -2.36. The van der Waals surface area contributed by atoms with Crippen molar-refractivity contribution in [1.29, 1.82) is 0 Å². The van der Waals surface area contributed by atoms with E-state index in [4.69, 9.17) is 10.2 Å². The Morgan fingerprint density at radius 1 is 0.829 bits per heavy atom. The van der Waals surface area contributed by atoms with Crippen LogP contribution in [0, 0.1) is 0 Å². The van der Waals surface area contributed by atoms with Gasteiger partial charge in [0, 0.05) is 43.4 Å². The molecule has 1 saturated heterocycles. The van der Waals surface area contributed by atoms with Gasteiger partial charge in [0.05, 0.1) is 11.1 Å². The van der Waals surface area contributed by atoms with Crippen LogP contribution in [0.4, 0.5) is 26.3 Å². The second kappa shape index (κ2) is 12.9. The third-order valence-electron chi connectivity index (χ3n) is 6.10. The van der Waals surface area contributed by atoms with E-state index in [1.165, 1.54) is 4.90 Å². The summed E-state index contributed by atoms with van der Waals surface area (Å²) in [5.41, 5.74) is -2.70. The number of hydrogen-bond donors (Lipinski definition) is 3. The van der Waals surface area contributed by atoms with Gasteiger partial charge in [0.2, 0.25) is 0 Å². The van der Waals surface area contributed by atoms with Gasteiger partial charge in [-0.2, -0.15) is 26.3 Å². The fraction of sp³-hybridized carbons (Fsp3) is 0.250. The van der Waals surface area contributed by atoms with E-state index >= 15 is 0 Å². The van der Waals surface area contributed by atoms with Crippen molar-refractivity contribution in [2.45, 2.75) is 24.8 Å². The smallest absolute Gasteiger partial charge is 0.416 e. The molecule has 1 amide bonds. The molecule has 0 saturated carbocycles. The summed E-state index contributed by atoms with van der Waals surface area (Å²) in [4.78, 5) is 33.6. The number of benzene rings is 3. The number of rotatable bonds is 5. The number of alkyl halides is 6. The van der Waals surface area contributed by atoms with Crippen LogP contribution in [0.15, 0.2) is 72.8 Å². The molecule has 0 aromatic heterocycles. The average Bonchev–Trinajstić information content (AvgIpc) is 2.91. The number of carbonyl (C=O) groups is 3. The lowest BCUT2D eigenvalue weighted by atomic mass is 9.98. The van der Waals surface area contributed by atoms with Crippen LogP contribution in [0.2, 0.25) is 0 Å². The van der Waals surface area contributed by atoms with Crippen molar-refractivity contribution >= 4 is 28.6 Å². The van der Waals surface area contributed by atoms with E-state index in [0.717, 1.165) is 16.3 Å². The van der Waals surface area contributed by atoms with Gasteiger partial charge < -0.3 is 20.4 Å². The molecule has 0 unspecified atom stereocenters. The molecule has 3 N–H and O–H groups in total. The number of hydrogen-bond acceptors (Lipinski definition) is 4. The SMILES string of the molecule is O=C(O)/C=C/C(=O)O.O=C(c1cc(C(F)(F)F)cc(C(F)(F)F)c1)N1CCNC[C@H]1Cc1ccc2ccccc2c1. The van der Waals surface area contributed by atoms with Gasteiger partial charge in [0.15, 0.2) is 0 Å². The predicted octanol–water partition coefficient (Wildman–Crippen LogP) is 5.25. The number of carbonyl (C=O) groups excluding carboxylic acids is 1. The first kappa shape index (κ1) is 31.1. The van der Waals surface area contributed by atoms with Crippen LogP contribution in [0.5, 0.6) is 0 Å². The molecule has 3 aromatic rings. The van der Waals surface area contributed by atoms with Gasteiger partial charge in [-0.3, -0.25) is 4.79 Å². The molecule has 0 aliphatic carbocycles. The van der Waals surface area contributed by atoms with E-state index in [-0.39, 0.29) is 12.6 Å². The van der Waals surface area contributed by atoms with Gasteiger partial charge >= 0.3 is 24.3 Å². The molecule has 0 spiro atoms. The average molecular weight is 582 g/mol. The molecule has 3 aromatic carbocycles. The van der Waals surface area contributed by atoms with Crippen molar-refractivity contribution in [2.24, 2.45) is 0 Å². The Kier molecular flexibility index (Phi) is 9.76. The van der Waals surface area contributed by atoms with Crippen LogP contribution in [0.1, 0.15) is 27.0 Å². The third kappa shape index (κ3) is 8.80. The summed E-state index contributed by atoms with van der Waals surface area (Å²) in [5.74, 6) is -3.36. The first-order chi connectivity index (χ1) is 19.1. The van der Waals surface area contributed by atoms with E-state index < -0.39 is 52.9 Å². The summed E-state index contributed by atoms with van der Waals surface area (Å²) in [6.07, 6.45) is -8.49. The molecule has 13 heteroatoms. The van der Waals surface area contributed by atoms with Crippen LogP contribution in [-0.2, 0) is 28.4 Å². The predicted molar refractivity (Wildman–Crippen MR) is 136 cm³/mol. The standard InChI is InChI=1S/C24H20F6N2O.C4H4O4/c25-23(26,27)19-11-18(12-20(13-19)24(28,29)30)22(33)32-8-7-31-14-21(32)10-15-5-6-16-3-1-2-4-17(16)9-15;5-3(6)1-2-4(7)8/h1-6,9,11-13,21,31H,7-8,10,14H2;1-2H,(H,5,6)(H,7,8)/b;2-1+/t21-;/m1./s1. The highest BCUT2D eigenvalue weighted by Gasteiger charge is 2.38. The Bertz CT molecular complexity index is 1400. The highest BCUT2D eigenvalue weighted by molar-refractivity contribution is 5.95. The lowest BCUT2D eigenvalue weighted by Crippen LogP contribution is -2.54. The minimum Gasteiger partial charge on any atom is -0.478 e. The molecule has 1 atom stereocenters. The number of carboxylic acids is 2. The van der Waals surface area contributed by atoms with E-state index in [1.54, 1.807) is 0 Å². The van der Waals surface area contributed by atoms with Crippen LogP contribution in [0.25, 0.3) is 10.8 Å². The lowest BCUT2D eigenvalue weighted by molar-refractivity contribution is -0.143. The minimum atomic E-state index is -5.01. The number of piperazine rings is 1. The van der Waals surface area contributed by atoms with Crippen LogP contribution in [-0.4, -0.2) is 58.6 Å². The number of nitrogens with zero attached hydrogens (tertiary/aromatic N) is 1. The highest BCUT2D eigenvalue weighted by Crippen LogP contribution is 2.36. The molecule has 7 nitrogen and oxygen atoms in total. The second-order valence-corrected chi connectivity index (χ2v) is 9.05. The Morgan fingerprint density at radius 3 is 1.93 bits per heavy atom. The fourth-order valence-corrected chi connectivity index (χ4v) is 4.24. The second-order valence-electron chi connectivity index (χ2n) is 9.05. The van der Waals surface area contributed by atoms with Gasteiger partial charge in [-0.05, 0) is 41.0 Å². The van der Waals surface area contributed by atoms with Crippen molar-refractivity contribution in [2.75, 3.05) is 19.6 Å². The minimum absolute atomic E-state index is 0.0289. The van der Waals surface area contributed by atoms with Crippen molar-refractivity contribution in [3.8, 4) is 0 Å². The van der Waals surface area contributed by atoms with Gasteiger partial charge in [0.1, 0.15) is 0 Å². The Balaban J connectivity index is 0.000000507. The normalized spacial score (nSPS) is 15.9. The van der Waals surface area contributed by atoms with Gasteiger partial charge in [-0.1, -0.05) is 42.5 Å². The van der Waals surface area contributed by atoms with Crippen molar-refractivity contribution in [1.82, 2.24) is 10.2 Å². The number of nitrogens with one attached hydrogen (secondary N) is 1. The quantitative estimate of drug-likeness (QED) is 0.281. The number of carboxylic acid groups (broad SMARTS) is 2. The summed E-state index contributed by atoms with van der Waals surface area (Å²) in [6.45, 7) is 0.948. The molecular formula is C28H24F6N2O5. The van der Waals surface area contributed by atoms with Crippen molar-refractivity contribution in [3.05, 3.63) is 95.1 Å². The van der Waals surface area contributed by atoms with E-state index in [1.807, 2.05) is 42.5 Å². The first-order valence-corrected chi connectivity index (χ1v) is 12.1. The summed E-state index contributed by atoms with van der Waals surface area (Å²) in [5, 5.41) is 20.8. The number of aliphatic carboxylic acids is 2. The maximum Gasteiger partial charge on any atom is 0.416 e. The number of halogens is 6. The van der Waals surface area contributed by atoms with E-state index in [2.05, 4.69) is 5.32 Å². The molecule has 0 radical (unpaired) electrons. The Morgan fingerprint density at radius 2 is 1.39 bits per heavy atom. The zero-order chi connectivity index (χ0) is 30.4. The molecule has 1 aliphatic heterocycles. The first-order valence-electron chi connectivity index (χ1n) is 12.1. The highest BCUT2D eigenvalue weighted by atomic mass is 19.4. The Hall–Kier alpha value is -4.39. The fourth-order valence-electron chi connectivity index (χ4n) is 4.24. The molecule has 41 heavy (non-hydrogen) atoms. The summed E-state index contributed by atoms with van der Waals surface area (Å²) < 4.78 is 79.4. The van der Waals surface area contributed by atoms with Crippen molar-refractivity contribution < 1.29 is 50.9 Å². The maximum atomic E-state index is 13.2. The van der Waals surface area contributed by atoms with E-state index in [9.17, 15) is 40.7 Å². The third-order valence-corrected chi connectivity index (χ3v) is 6.10. The molecule has 1 heterocycles. The summed E-state index contributed by atoms with van der Waals surface area (Å²) >= 11 is 0. The van der Waals surface area contributed by atoms with Crippen LogP contribution in [0.3, 0.4) is 0 Å². The van der Waals surface area contributed by atoms with Gasteiger partial charge in [-0.25, -0.2) is 9.59 Å². The van der Waals surface area contributed by atoms with Gasteiger partial charge in [0.25, 0.3) is 5.91 Å².